The lowest BCUT2D eigenvalue weighted by molar-refractivity contribution is -0.152. The zero-order valence-corrected chi connectivity index (χ0v) is 13.8. The molecule has 1 aliphatic carbocycles. The van der Waals surface area contributed by atoms with Gasteiger partial charge in [-0.2, -0.15) is 5.10 Å². The summed E-state index contributed by atoms with van der Waals surface area (Å²) in [6, 6.07) is 2.09. The number of hydrogen-bond acceptors (Lipinski definition) is 2. The average molecular weight is 292 g/mol. The Morgan fingerprint density at radius 1 is 1.29 bits per heavy atom. The zero-order valence-electron chi connectivity index (χ0n) is 13.8. The fourth-order valence-corrected chi connectivity index (χ4v) is 3.32. The lowest BCUT2D eigenvalue weighted by Gasteiger charge is -2.40. The Morgan fingerprint density at radius 3 is 2.38 bits per heavy atom. The highest BCUT2D eigenvalue weighted by molar-refractivity contribution is 5.75. The Hall–Kier alpha value is -1.32. The number of aryl methyl sites for hydroxylation is 2. The van der Waals surface area contributed by atoms with Gasteiger partial charge in [0.15, 0.2) is 0 Å². The quantitative estimate of drug-likeness (QED) is 0.900. The van der Waals surface area contributed by atoms with Crippen LogP contribution in [-0.4, -0.2) is 20.9 Å². The molecule has 1 aromatic rings. The van der Waals surface area contributed by atoms with E-state index in [2.05, 4.69) is 38.9 Å². The minimum Gasteiger partial charge on any atom is -0.481 e. The van der Waals surface area contributed by atoms with E-state index in [1.807, 2.05) is 4.68 Å². The van der Waals surface area contributed by atoms with Crippen LogP contribution >= 0.6 is 0 Å². The van der Waals surface area contributed by atoms with Crippen molar-refractivity contribution >= 4 is 5.97 Å². The number of hydrogen-bond donors (Lipinski definition) is 1. The molecule has 0 aliphatic heterocycles. The Morgan fingerprint density at radius 2 is 1.90 bits per heavy atom. The first-order valence-corrected chi connectivity index (χ1v) is 8.11. The summed E-state index contributed by atoms with van der Waals surface area (Å²) in [7, 11) is 0. The molecule has 1 fully saturated rings. The van der Waals surface area contributed by atoms with Crippen LogP contribution in [0.5, 0.6) is 0 Å². The maximum Gasteiger partial charge on any atom is 0.310 e. The molecule has 1 N–H and O–H groups in total. The first-order chi connectivity index (χ1) is 9.82. The molecule has 21 heavy (non-hydrogen) atoms. The molecule has 4 nitrogen and oxygen atoms in total. The van der Waals surface area contributed by atoms with E-state index in [1.165, 1.54) is 0 Å². The Bertz CT molecular complexity index is 507. The van der Waals surface area contributed by atoms with Crippen LogP contribution in [0, 0.1) is 10.8 Å². The van der Waals surface area contributed by atoms with Gasteiger partial charge in [0.1, 0.15) is 0 Å². The molecule has 0 atom stereocenters. The molecule has 0 bridgehead atoms. The van der Waals surface area contributed by atoms with Gasteiger partial charge in [0.2, 0.25) is 0 Å². The van der Waals surface area contributed by atoms with Gasteiger partial charge in [0.05, 0.1) is 11.1 Å². The number of aliphatic carboxylic acids is 1. The second-order valence-electron chi connectivity index (χ2n) is 7.22. The van der Waals surface area contributed by atoms with Gasteiger partial charge < -0.3 is 5.11 Å². The number of rotatable bonds is 5. The van der Waals surface area contributed by atoms with E-state index in [1.54, 1.807) is 0 Å². The third kappa shape index (κ3) is 3.30. The second kappa shape index (κ2) is 5.82. The summed E-state index contributed by atoms with van der Waals surface area (Å²) in [6.07, 6.45) is 5.02. The molecular formula is C17H28N2O2. The zero-order chi connectivity index (χ0) is 15.7. The van der Waals surface area contributed by atoms with Crippen LogP contribution in [0.25, 0.3) is 0 Å². The van der Waals surface area contributed by atoms with Crippen molar-refractivity contribution in [3.8, 4) is 0 Å². The fraction of sp³-hybridized carbons (Fsp3) is 0.765. The fourth-order valence-electron chi connectivity index (χ4n) is 3.32. The smallest absolute Gasteiger partial charge is 0.310 e. The largest absolute Gasteiger partial charge is 0.481 e. The molecule has 1 aromatic heterocycles. The van der Waals surface area contributed by atoms with E-state index in [0.717, 1.165) is 50.0 Å². The van der Waals surface area contributed by atoms with E-state index in [9.17, 15) is 9.90 Å². The monoisotopic (exact) mass is 292 g/mol. The van der Waals surface area contributed by atoms with Gasteiger partial charge in [0, 0.05) is 18.7 Å². The topological polar surface area (TPSA) is 55.1 Å². The van der Waals surface area contributed by atoms with Gasteiger partial charge in [-0.3, -0.25) is 9.48 Å². The van der Waals surface area contributed by atoms with Gasteiger partial charge in [-0.15, -0.1) is 0 Å². The highest BCUT2D eigenvalue weighted by Gasteiger charge is 2.44. The van der Waals surface area contributed by atoms with Gasteiger partial charge in [-0.1, -0.05) is 20.8 Å². The summed E-state index contributed by atoms with van der Waals surface area (Å²) in [5.74, 6) is -0.639. The van der Waals surface area contributed by atoms with Crippen molar-refractivity contribution < 1.29 is 9.90 Å². The summed E-state index contributed by atoms with van der Waals surface area (Å²) in [5, 5.41) is 14.4. The molecule has 0 amide bonds. The highest BCUT2D eigenvalue weighted by atomic mass is 16.4. The van der Waals surface area contributed by atoms with Crippen molar-refractivity contribution in [1.29, 1.82) is 0 Å². The summed E-state index contributed by atoms with van der Waals surface area (Å²) >= 11 is 0. The highest BCUT2D eigenvalue weighted by Crippen LogP contribution is 2.47. The van der Waals surface area contributed by atoms with Gasteiger partial charge in [0.25, 0.3) is 0 Å². The molecule has 0 spiro atoms. The third-order valence-corrected chi connectivity index (χ3v) is 5.11. The van der Waals surface area contributed by atoms with Crippen LogP contribution in [0.1, 0.15) is 64.8 Å². The lowest BCUT2D eigenvalue weighted by Crippen LogP contribution is -2.40. The summed E-state index contributed by atoms with van der Waals surface area (Å²) < 4.78 is 1.98. The van der Waals surface area contributed by atoms with Crippen molar-refractivity contribution in [3.05, 3.63) is 17.5 Å². The van der Waals surface area contributed by atoms with E-state index in [4.69, 9.17) is 0 Å². The Balaban J connectivity index is 2.25. The summed E-state index contributed by atoms with van der Waals surface area (Å²) in [4.78, 5) is 11.9. The van der Waals surface area contributed by atoms with Crippen LogP contribution in [0.2, 0.25) is 0 Å². The van der Waals surface area contributed by atoms with E-state index in [0.29, 0.717) is 6.42 Å². The molecule has 1 aliphatic rings. The molecule has 0 unspecified atom stereocenters. The normalized spacial score (nSPS) is 20.4. The van der Waals surface area contributed by atoms with Crippen LogP contribution in [-0.2, 0) is 24.2 Å². The van der Waals surface area contributed by atoms with Crippen LogP contribution < -0.4 is 0 Å². The predicted molar refractivity (Wildman–Crippen MR) is 83.3 cm³/mol. The first kappa shape index (κ1) is 16.1. The van der Waals surface area contributed by atoms with Crippen LogP contribution in [0.3, 0.4) is 0 Å². The standard InChI is InChI=1S/C17H28N2O2/c1-5-13-11-14(19(6-2)18-13)12-17(15(20)21)9-7-16(3,4)8-10-17/h11H,5-10,12H2,1-4H3,(H,20,21). The molecule has 118 valence electrons. The van der Waals surface area contributed by atoms with Crippen molar-refractivity contribution in [2.45, 2.75) is 72.8 Å². The van der Waals surface area contributed by atoms with Crippen LogP contribution in [0.4, 0.5) is 0 Å². The average Bonchev–Trinajstić information content (AvgIpc) is 2.83. The number of carboxylic acids is 1. The Kier molecular flexibility index (Phi) is 4.45. The van der Waals surface area contributed by atoms with Gasteiger partial charge in [-0.05, 0) is 50.5 Å². The minimum absolute atomic E-state index is 0.276. The molecular weight excluding hydrogens is 264 g/mol. The molecule has 0 radical (unpaired) electrons. The molecule has 1 saturated carbocycles. The number of carbonyl (C=O) groups is 1. The van der Waals surface area contributed by atoms with Crippen molar-refractivity contribution in [3.63, 3.8) is 0 Å². The first-order valence-electron chi connectivity index (χ1n) is 8.11. The van der Waals surface area contributed by atoms with Crippen LogP contribution in [0.15, 0.2) is 6.07 Å². The molecule has 4 heteroatoms. The molecule has 2 rings (SSSR count). The summed E-state index contributed by atoms with van der Waals surface area (Å²) in [5.41, 5.74) is 1.81. The molecule has 1 heterocycles. The molecule has 0 saturated heterocycles. The van der Waals surface area contributed by atoms with Gasteiger partial charge in [-0.25, -0.2) is 0 Å². The maximum absolute atomic E-state index is 11.9. The Labute approximate surface area is 127 Å². The third-order valence-electron chi connectivity index (χ3n) is 5.11. The number of nitrogens with zero attached hydrogens (tertiary/aromatic N) is 2. The summed E-state index contributed by atoms with van der Waals surface area (Å²) in [6.45, 7) is 9.43. The van der Waals surface area contributed by atoms with Crippen molar-refractivity contribution in [1.82, 2.24) is 9.78 Å². The van der Waals surface area contributed by atoms with Gasteiger partial charge >= 0.3 is 5.97 Å². The number of carboxylic acid groups (broad SMARTS) is 1. The lowest BCUT2D eigenvalue weighted by atomic mass is 9.63. The van der Waals surface area contributed by atoms with E-state index >= 15 is 0 Å². The number of aromatic nitrogens is 2. The second-order valence-corrected chi connectivity index (χ2v) is 7.22. The van der Waals surface area contributed by atoms with E-state index < -0.39 is 11.4 Å². The maximum atomic E-state index is 11.9. The van der Waals surface area contributed by atoms with Crippen molar-refractivity contribution in [2.24, 2.45) is 10.8 Å². The van der Waals surface area contributed by atoms with Crippen molar-refractivity contribution in [2.75, 3.05) is 0 Å². The predicted octanol–water partition coefficient (Wildman–Crippen LogP) is 3.68. The molecule has 0 aromatic carbocycles. The minimum atomic E-state index is -0.639. The van der Waals surface area contributed by atoms with E-state index in [-0.39, 0.29) is 5.41 Å². The SMILES string of the molecule is CCc1cc(CC2(C(=O)O)CCC(C)(C)CC2)n(CC)n1.